The molecule has 3 aromatic rings. The average molecular weight is 348 g/mol. The van der Waals surface area contributed by atoms with Crippen LogP contribution in [0, 0.1) is 0 Å². The maximum atomic E-state index is 12.3. The predicted octanol–water partition coefficient (Wildman–Crippen LogP) is 3.33. The van der Waals surface area contributed by atoms with Crippen LogP contribution in [0.2, 0.25) is 0 Å². The van der Waals surface area contributed by atoms with Crippen LogP contribution in [0.25, 0.3) is 22.3 Å². The molecule has 0 saturated heterocycles. The van der Waals surface area contributed by atoms with E-state index >= 15 is 0 Å². The summed E-state index contributed by atoms with van der Waals surface area (Å²) >= 11 is 3.33. The van der Waals surface area contributed by atoms with Gasteiger partial charge >= 0.3 is 0 Å². The summed E-state index contributed by atoms with van der Waals surface area (Å²) in [6, 6.07) is 7.06. The van der Waals surface area contributed by atoms with E-state index in [0.717, 1.165) is 4.47 Å². The molecule has 0 bridgehead atoms. The van der Waals surface area contributed by atoms with E-state index in [2.05, 4.69) is 20.9 Å². The minimum atomic E-state index is -0.548. The summed E-state index contributed by atoms with van der Waals surface area (Å²) in [5.41, 5.74) is 0.306. The SMILES string of the molecule is COc1cncc2oc(-c3ccc(Br)cc3)c(O)c(=O)c12. The average Bonchev–Trinajstić information content (AvgIpc) is 2.51. The molecule has 106 valence electrons. The van der Waals surface area contributed by atoms with Gasteiger partial charge in [-0.15, -0.1) is 0 Å². The summed E-state index contributed by atoms with van der Waals surface area (Å²) in [4.78, 5) is 16.3. The molecule has 0 amide bonds. The number of aromatic hydroxyl groups is 1. The lowest BCUT2D eigenvalue weighted by Crippen LogP contribution is -2.05. The quantitative estimate of drug-likeness (QED) is 0.769. The number of aromatic nitrogens is 1. The van der Waals surface area contributed by atoms with Gasteiger partial charge in [-0.3, -0.25) is 9.78 Å². The lowest BCUT2D eigenvalue weighted by molar-refractivity contribution is 0.414. The third-order valence-electron chi connectivity index (χ3n) is 3.07. The van der Waals surface area contributed by atoms with Crippen LogP contribution in [0.3, 0.4) is 0 Å². The fourth-order valence-electron chi connectivity index (χ4n) is 2.06. The van der Waals surface area contributed by atoms with Crippen molar-refractivity contribution in [3.8, 4) is 22.8 Å². The van der Waals surface area contributed by atoms with Crippen LogP contribution in [0.1, 0.15) is 0 Å². The molecule has 2 heterocycles. The smallest absolute Gasteiger partial charge is 0.238 e. The van der Waals surface area contributed by atoms with Crippen LogP contribution in [0.4, 0.5) is 0 Å². The summed E-state index contributed by atoms with van der Waals surface area (Å²) in [6.45, 7) is 0. The molecule has 0 saturated carbocycles. The van der Waals surface area contributed by atoms with Gasteiger partial charge in [0.2, 0.25) is 11.2 Å². The number of hydrogen-bond acceptors (Lipinski definition) is 5. The van der Waals surface area contributed by atoms with E-state index < -0.39 is 11.2 Å². The van der Waals surface area contributed by atoms with Gasteiger partial charge in [-0.25, -0.2) is 0 Å². The molecule has 0 fully saturated rings. The van der Waals surface area contributed by atoms with Crippen molar-refractivity contribution in [1.29, 1.82) is 0 Å². The van der Waals surface area contributed by atoms with Gasteiger partial charge < -0.3 is 14.3 Å². The van der Waals surface area contributed by atoms with Gasteiger partial charge in [-0.05, 0) is 24.3 Å². The Hall–Kier alpha value is -2.34. The van der Waals surface area contributed by atoms with Gasteiger partial charge in [0, 0.05) is 10.0 Å². The highest BCUT2D eigenvalue weighted by atomic mass is 79.9. The normalized spacial score (nSPS) is 10.8. The molecule has 0 unspecified atom stereocenters. The highest BCUT2D eigenvalue weighted by Gasteiger charge is 2.18. The molecule has 0 aliphatic heterocycles. The van der Waals surface area contributed by atoms with Crippen LogP contribution in [-0.4, -0.2) is 17.2 Å². The Kier molecular flexibility index (Phi) is 3.39. The van der Waals surface area contributed by atoms with Gasteiger partial charge in [0.1, 0.15) is 5.39 Å². The molecular formula is C15H10BrNO4. The molecule has 0 spiro atoms. The number of pyridine rings is 1. The van der Waals surface area contributed by atoms with Crippen LogP contribution < -0.4 is 10.2 Å². The van der Waals surface area contributed by atoms with E-state index in [9.17, 15) is 9.90 Å². The number of rotatable bonds is 2. The number of benzene rings is 1. The van der Waals surface area contributed by atoms with Crippen molar-refractivity contribution in [2.75, 3.05) is 7.11 Å². The molecular weight excluding hydrogens is 338 g/mol. The number of ether oxygens (including phenoxy) is 1. The molecule has 2 aromatic heterocycles. The molecule has 6 heteroatoms. The monoisotopic (exact) mass is 347 g/mol. The molecule has 0 aliphatic rings. The second-order valence-corrected chi connectivity index (χ2v) is 5.25. The molecule has 0 atom stereocenters. The molecule has 0 aliphatic carbocycles. The minimum Gasteiger partial charge on any atom is -0.502 e. The lowest BCUT2D eigenvalue weighted by Gasteiger charge is -2.08. The van der Waals surface area contributed by atoms with Gasteiger partial charge in [0.15, 0.2) is 17.1 Å². The van der Waals surface area contributed by atoms with E-state index in [0.29, 0.717) is 5.56 Å². The first-order valence-corrected chi connectivity index (χ1v) is 6.85. The molecule has 1 aromatic carbocycles. The zero-order valence-electron chi connectivity index (χ0n) is 11.0. The zero-order valence-corrected chi connectivity index (χ0v) is 12.5. The van der Waals surface area contributed by atoms with Crippen molar-refractivity contribution in [3.63, 3.8) is 0 Å². The summed E-state index contributed by atoms with van der Waals surface area (Å²) in [7, 11) is 1.43. The minimum absolute atomic E-state index is 0.107. The zero-order chi connectivity index (χ0) is 15.0. The lowest BCUT2D eigenvalue weighted by atomic mass is 10.1. The van der Waals surface area contributed by atoms with Crippen molar-refractivity contribution in [2.24, 2.45) is 0 Å². The summed E-state index contributed by atoms with van der Waals surface area (Å²) < 4.78 is 11.6. The van der Waals surface area contributed by atoms with Crippen molar-refractivity contribution < 1.29 is 14.3 Å². The van der Waals surface area contributed by atoms with E-state index in [1.165, 1.54) is 19.5 Å². The predicted molar refractivity (Wildman–Crippen MR) is 81.6 cm³/mol. The standard InChI is InChI=1S/C15H10BrNO4/c1-20-10-6-17-7-11-12(10)13(18)14(19)15(21-11)8-2-4-9(16)5-3-8/h2-7,19H,1H3. The first kappa shape index (κ1) is 13.6. The topological polar surface area (TPSA) is 72.6 Å². The third kappa shape index (κ3) is 2.27. The number of fused-ring (bicyclic) bond motifs is 1. The summed E-state index contributed by atoms with van der Waals surface area (Å²) in [5.74, 6) is -0.0803. The van der Waals surface area contributed by atoms with Crippen molar-refractivity contribution in [2.45, 2.75) is 0 Å². The highest BCUT2D eigenvalue weighted by molar-refractivity contribution is 9.10. The number of nitrogens with zero attached hydrogens (tertiary/aromatic N) is 1. The molecule has 1 N–H and O–H groups in total. The van der Waals surface area contributed by atoms with E-state index in [1.54, 1.807) is 24.3 Å². The van der Waals surface area contributed by atoms with Gasteiger partial charge in [0.05, 0.1) is 19.5 Å². The van der Waals surface area contributed by atoms with Gasteiger partial charge in [-0.1, -0.05) is 15.9 Å². The fraction of sp³-hybridized carbons (Fsp3) is 0.0667. The Bertz CT molecular complexity index is 871. The Labute approximate surface area is 127 Å². The molecule has 5 nitrogen and oxygen atoms in total. The first-order chi connectivity index (χ1) is 10.1. The number of hydrogen-bond donors (Lipinski definition) is 1. The highest BCUT2D eigenvalue weighted by Crippen LogP contribution is 2.32. The Morgan fingerprint density at radius 3 is 2.62 bits per heavy atom. The second-order valence-electron chi connectivity index (χ2n) is 4.33. The number of halogens is 1. The van der Waals surface area contributed by atoms with Crippen molar-refractivity contribution >= 4 is 26.9 Å². The summed E-state index contributed by atoms with van der Waals surface area (Å²) in [5, 5.41) is 10.3. The van der Waals surface area contributed by atoms with Crippen LogP contribution in [0.15, 0.2) is 50.3 Å². The van der Waals surface area contributed by atoms with E-state index in [-0.39, 0.29) is 22.5 Å². The van der Waals surface area contributed by atoms with Crippen LogP contribution in [0.5, 0.6) is 11.5 Å². The van der Waals surface area contributed by atoms with Crippen molar-refractivity contribution in [3.05, 3.63) is 51.4 Å². The Balaban J connectivity index is 2.34. The van der Waals surface area contributed by atoms with Gasteiger partial charge in [0.25, 0.3) is 0 Å². The molecule has 21 heavy (non-hydrogen) atoms. The fourth-order valence-corrected chi connectivity index (χ4v) is 2.32. The number of methoxy groups -OCH3 is 1. The largest absolute Gasteiger partial charge is 0.502 e. The maximum absolute atomic E-state index is 12.3. The third-order valence-corrected chi connectivity index (χ3v) is 3.60. The maximum Gasteiger partial charge on any atom is 0.238 e. The van der Waals surface area contributed by atoms with E-state index in [1.807, 2.05) is 0 Å². The van der Waals surface area contributed by atoms with Crippen molar-refractivity contribution in [1.82, 2.24) is 4.98 Å². The van der Waals surface area contributed by atoms with E-state index in [4.69, 9.17) is 9.15 Å². The van der Waals surface area contributed by atoms with Crippen LogP contribution in [-0.2, 0) is 0 Å². The van der Waals surface area contributed by atoms with Gasteiger partial charge in [-0.2, -0.15) is 0 Å². The summed E-state index contributed by atoms with van der Waals surface area (Å²) in [6.07, 6.45) is 2.82. The molecule has 3 rings (SSSR count). The Morgan fingerprint density at radius 2 is 1.95 bits per heavy atom. The van der Waals surface area contributed by atoms with Crippen LogP contribution >= 0.6 is 15.9 Å². The Morgan fingerprint density at radius 1 is 1.24 bits per heavy atom. The first-order valence-electron chi connectivity index (χ1n) is 6.05. The second kappa shape index (κ2) is 5.21. The molecule has 0 radical (unpaired) electrons.